The molecule has 0 radical (unpaired) electrons. The molecule has 0 amide bonds. The maximum Gasteiger partial charge on any atom is 0.0561 e. The van der Waals surface area contributed by atoms with E-state index < -0.39 is 0 Å². The molecule has 0 aliphatic carbocycles. The van der Waals surface area contributed by atoms with Crippen LogP contribution in [0.3, 0.4) is 0 Å². The van der Waals surface area contributed by atoms with E-state index in [1.807, 2.05) is 0 Å². The Kier molecular flexibility index (Phi) is 8.55. The molecule has 10 aromatic rings. The van der Waals surface area contributed by atoms with Crippen LogP contribution in [0.1, 0.15) is 0 Å². The van der Waals surface area contributed by atoms with Crippen LogP contribution in [0.15, 0.2) is 231 Å². The van der Waals surface area contributed by atoms with Crippen molar-refractivity contribution in [2.45, 2.75) is 0 Å². The van der Waals surface area contributed by atoms with Gasteiger partial charge >= 0.3 is 0 Å². The first-order chi connectivity index (χ1) is 27.8. The third-order valence-corrected chi connectivity index (χ3v) is 10.8. The highest BCUT2D eigenvalue weighted by molar-refractivity contribution is 6.10. The first kappa shape index (κ1) is 33.2. The molecule has 0 N–H and O–H groups in total. The van der Waals surface area contributed by atoms with Gasteiger partial charge < -0.3 is 9.47 Å². The fourth-order valence-corrected chi connectivity index (χ4v) is 8.19. The molecule has 56 heavy (non-hydrogen) atoms. The first-order valence-corrected chi connectivity index (χ1v) is 19.2. The topological polar surface area (TPSA) is 8.17 Å². The summed E-state index contributed by atoms with van der Waals surface area (Å²) >= 11 is 0. The minimum Gasteiger partial charge on any atom is -0.310 e. The zero-order chi connectivity index (χ0) is 37.3. The van der Waals surface area contributed by atoms with E-state index in [0.29, 0.717) is 0 Å². The molecule has 0 saturated carbocycles. The first-order valence-electron chi connectivity index (χ1n) is 19.2. The van der Waals surface area contributed by atoms with Crippen molar-refractivity contribution in [3.63, 3.8) is 0 Å². The number of aromatic nitrogens is 1. The zero-order valence-electron chi connectivity index (χ0n) is 30.8. The molecule has 10 rings (SSSR count). The van der Waals surface area contributed by atoms with Gasteiger partial charge in [0.25, 0.3) is 0 Å². The summed E-state index contributed by atoms with van der Waals surface area (Å²) in [5.41, 5.74) is 16.2. The summed E-state index contributed by atoms with van der Waals surface area (Å²) in [7, 11) is 0. The van der Waals surface area contributed by atoms with Crippen molar-refractivity contribution in [2.24, 2.45) is 0 Å². The smallest absolute Gasteiger partial charge is 0.0561 e. The van der Waals surface area contributed by atoms with Crippen molar-refractivity contribution in [2.75, 3.05) is 4.90 Å². The van der Waals surface area contributed by atoms with E-state index >= 15 is 0 Å². The minimum atomic E-state index is 1.08. The molecule has 0 fully saturated rings. The summed E-state index contributed by atoms with van der Waals surface area (Å²) in [5, 5.41) is 2.46. The lowest BCUT2D eigenvalue weighted by atomic mass is 9.93. The lowest BCUT2D eigenvalue weighted by Gasteiger charge is -2.29. The van der Waals surface area contributed by atoms with Crippen LogP contribution in [-0.4, -0.2) is 4.57 Å². The zero-order valence-corrected chi connectivity index (χ0v) is 30.8. The summed E-state index contributed by atoms with van der Waals surface area (Å²) in [6.07, 6.45) is 0. The number of nitrogens with zero attached hydrogens (tertiary/aromatic N) is 2. The Morgan fingerprint density at radius 1 is 0.286 bits per heavy atom. The van der Waals surface area contributed by atoms with Crippen molar-refractivity contribution >= 4 is 38.9 Å². The van der Waals surface area contributed by atoms with E-state index in [9.17, 15) is 0 Å². The van der Waals surface area contributed by atoms with Gasteiger partial charge in [-0.05, 0) is 87.5 Å². The molecule has 0 atom stereocenters. The monoisotopic (exact) mass is 714 g/mol. The van der Waals surface area contributed by atoms with E-state index in [4.69, 9.17) is 0 Å². The lowest BCUT2D eigenvalue weighted by molar-refractivity contribution is 1.18. The van der Waals surface area contributed by atoms with E-state index in [-0.39, 0.29) is 0 Å². The highest BCUT2D eigenvalue weighted by Crippen LogP contribution is 2.46. The van der Waals surface area contributed by atoms with Gasteiger partial charge in [0, 0.05) is 33.4 Å². The van der Waals surface area contributed by atoms with Gasteiger partial charge in [0.05, 0.1) is 16.7 Å². The van der Waals surface area contributed by atoms with Gasteiger partial charge in [-0.25, -0.2) is 0 Å². The maximum absolute atomic E-state index is 2.45. The molecule has 0 bridgehead atoms. The Hall–Kier alpha value is -7.42. The highest BCUT2D eigenvalue weighted by Gasteiger charge is 2.22. The quantitative estimate of drug-likeness (QED) is 0.152. The van der Waals surface area contributed by atoms with Crippen LogP contribution < -0.4 is 4.90 Å². The maximum atomic E-state index is 2.45. The highest BCUT2D eigenvalue weighted by atomic mass is 15.1. The molecule has 2 heteroatoms. The van der Waals surface area contributed by atoms with Crippen LogP contribution in [-0.2, 0) is 0 Å². The van der Waals surface area contributed by atoms with E-state index in [0.717, 1.165) is 50.5 Å². The van der Waals surface area contributed by atoms with Gasteiger partial charge in [0.1, 0.15) is 0 Å². The second kappa shape index (κ2) is 14.4. The number of fused-ring (bicyclic) bond motifs is 3. The average molecular weight is 715 g/mol. The summed E-state index contributed by atoms with van der Waals surface area (Å²) < 4.78 is 2.40. The fraction of sp³-hybridized carbons (Fsp3) is 0. The molecule has 0 aliphatic heterocycles. The van der Waals surface area contributed by atoms with Gasteiger partial charge in [0.15, 0.2) is 0 Å². The van der Waals surface area contributed by atoms with Gasteiger partial charge in [-0.1, -0.05) is 182 Å². The Balaban J connectivity index is 1.25. The molecule has 0 unspecified atom stereocenters. The van der Waals surface area contributed by atoms with Gasteiger partial charge in [-0.2, -0.15) is 0 Å². The molecule has 9 aromatic carbocycles. The van der Waals surface area contributed by atoms with E-state index in [2.05, 4.69) is 240 Å². The SMILES string of the molecule is c1ccc(-c2ccc(-c3ccccc3)c(N(c3cccc(-c4ccccc4-c4ccccc4)c3)c3ccc4c5ccccc5n(-c5ccccc5)c4c3)c2)cc1. The Morgan fingerprint density at radius 2 is 0.821 bits per heavy atom. The summed E-state index contributed by atoms with van der Waals surface area (Å²) in [5.74, 6) is 0. The minimum absolute atomic E-state index is 1.08. The predicted octanol–water partition coefficient (Wildman–Crippen LogP) is 14.9. The molecule has 264 valence electrons. The van der Waals surface area contributed by atoms with Gasteiger partial charge in [-0.3, -0.25) is 0 Å². The Morgan fingerprint density at radius 3 is 1.54 bits per heavy atom. The summed E-state index contributed by atoms with van der Waals surface area (Å²) in [4.78, 5) is 2.45. The van der Waals surface area contributed by atoms with Crippen LogP contribution >= 0.6 is 0 Å². The fourth-order valence-electron chi connectivity index (χ4n) is 8.19. The van der Waals surface area contributed by atoms with E-state index in [1.165, 1.54) is 38.5 Å². The molecule has 0 saturated heterocycles. The number of hydrogen-bond donors (Lipinski definition) is 0. The van der Waals surface area contributed by atoms with Crippen LogP contribution in [0, 0.1) is 0 Å². The van der Waals surface area contributed by atoms with Crippen LogP contribution in [0.2, 0.25) is 0 Å². The van der Waals surface area contributed by atoms with Gasteiger partial charge in [0.2, 0.25) is 0 Å². The van der Waals surface area contributed by atoms with Crippen LogP contribution in [0.5, 0.6) is 0 Å². The average Bonchev–Trinajstić information content (AvgIpc) is 3.61. The van der Waals surface area contributed by atoms with E-state index in [1.54, 1.807) is 0 Å². The second-order valence-corrected chi connectivity index (χ2v) is 14.2. The number of benzene rings is 9. The summed E-state index contributed by atoms with van der Waals surface area (Å²) in [6, 6.07) is 83.2. The number of para-hydroxylation sites is 2. The molecule has 1 aromatic heterocycles. The second-order valence-electron chi connectivity index (χ2n) is 14.2. The van der Waals surface area contributed by atoms with Crippen LogP contribution in [0.25, 0.3) is 72.0 Å². The molecule has 0 aliphatic rings. The molecule has 0 spiro atoms. The third-order valence-electron chi connectivity index (χ3n) is 10.8. The standard InChI is InChI=1S/C54H38N2/c1-5-18-39(19-6-1)42-32-34-49(41-22-9-3-10-23-41)53(37-42)55(45-27-17-24-43(36-45)48-29-14-13-28-47(48)40-20-7-2-8-21-40)46-33-35-51-50-30-15-16-31-52(50)56(54(51)38-46)44-25-11-4-12-26-44/h1-38H. The largest absolute Gasteiger partial charge is 0.310 e. The van der Waals surface area contributed by atoms with Crippen molar-refractivity contribution < 1.29 is 0 Å². The number of rotatable bonds is 8. The number of hydrogen-bond acceptors (Lipinski definition) is 1. The van der Waals surface area contributed by atoms with Crippen molar-refractivity contribution in [1.82, 2.24) is 4.57 Å². The van der Waals surface area contributed by atoms with Crippen molar-refractivity contribution in [3.8, 4) is 50.2 Å². The summed E-state index contributed by atoms with van der Waals surface area (Å²) in [6.45, 7) is 0. The van der Waals surface area contributed by atoms with Crippen LogP contribution in [0.4, 0.5) is 17.1 Å². The Labute approximate surface area is 327 Å². The van der Waals surface area contributed by atoms with Crippen molar-refractivity contribution in [3.05, 3.63) is 231 Å². The van der Waals surface area contributed by atoms with Crippen molar-refractivity contribution in [1.29, 1.82) is 0 Å². The molecule has 1 heterocycles. The lowest BCUT2D eigenvalue weighted by Crippen LogP contribution is -2.12. The van der Waals surface area contributed by atoms with Gasteiger partial charge in [-0.15, -0.1) is 0 Å². The molecular weight excluding hydrogens is 677 g/mol. The third kappa shape index (κ3) is 6.04. The molecule has 2 nitrogen and oxygen atoms in total. The predicted molar refractivity (Wildman–Crippen MR) is 237 cm³/mol. The Bertz CT molecular complexity index is 2950. The normalized spacial score (nSPS) is 11.2. The number of anilines is 3. The molecular formula is C54H38N2.